The van der Waals surface area contributed by atoms with Crippen LogP contribution >= 0.6 is 0 Å². The summed E-state index contributed by atoms with van der Waals surface area (Å²) in [6, 6.07) is 7.59. The van der Waals surface area contributed by atoms with Crippen molar-refractivity contribution >= 4 is 5.91 Å². The van der Waals surface area contributed by atoms with Crippen molar-refractivity contribution in [3.63, 3.8) is 0 Å². The summed E-state index contributed by atoms with van der Waals surface area (Å²) in [5, 5.41) is 0. The molecule has 26 heavy (non-hydrogen) atoms. The van der Waals surface area contributed by atoms with Crippen LogP contribution in [0.4, 0.5) is 0 Å². The second kappa shape index (κ2) is 7.37. The molecule has 0 unspecified atom stereocenters. The fourth-order valence-corrected chi connectivity index (χ4v) is 3.33. The first kappa shape index (κ1) is 16.9. The molecule has 7 nitrogen and oxygen atoms in total. The molecule has 1 fully saturated rings. The maximum absolute atomic E-state index is 13.0. The molecule has 138 valence electrons. The summed E-state index contributed by atoms with van der Waals surface area (Å²) in [6.07, 6.45) is 4.70. The van der Waals surface area contributed by atoms with E-state index in [1.165, 1.54) is 0 Å². The van der Waals surface area contributed by atoms with Crippen LogP contribution in [0.25, 0.3) is 0 Å². The first-order valence-electron chi connectivity index (χ1n) is 8.96. The Morgan fingerprint density at radius 2 is 2.19 bits per heavy atom. The van der Waals surface area contributed by atoms with Crippen LogP contribution in [0.5, 0.6) is 11.5 Å². The number of aromatic nitrogens is 2. The topological polar surface area (TPSA) is 65.8 Å². The van der Waals surface area contributed by atoms with Crippen LogP contribution in [0, 0.1) is 0 Å². The molecule has 0 radical (unpaired) electrons. The third-order valence-electron chi connectivity index (χ3n) is 4.76. The Hall–Kier alpha value is -2.54. The molecule has 7 heteroatoms. The van der Waals surface area contributed by atoms with Gasteiger partial charge in [-0.25, -0.2) is 4.98 Å². The fraction of sp³-hybridized carbons (Fsp3) is 0.474. The molecule has 2 aromatic rings. The Balaban J connectivity index is 1.49. The van der Waals surface area contributed by atoms with Gasteiger partial charge in [-0.3, -0.25) is 4.79 Å². The van der Waals surface area contributed by atoms with Crippen molar-refractivity contribution in [1.29, 1.82) is 0 Å². The Morgan fingerprint density at radius 1 is 1.35 bits per heavy atom. The van der Waals surface area contributed by atoms with E-state index in [-0.39, 0.29) is 18.1 Å². The number of aryl methyl sites for hydroxylation is 1. The van der Waals surface area contributed by atoms with Crippen LogP contribution in [-0.2, 0) is 23.1 Å². The maximum atomic E-state index is 13.0. The van der Waals surface area contributed by atoms with Crippen molar-refractivity contribution in [3.8, 4) is 11.5 Å². The average Bonchev–Trinajstić information content (AvgIpc) is 3.33. The van der Waals surface area contributed by atoms with Crippen molar-refractivity contribution in [2.24, 2.45) is 7.05 Å². The molecule has 2 aliphatic rings. The lowest BCUT2D eigenvalue weighted by Crippen LogP contribution is -2.47. The zero-order chi connectivity index (χ0) is 17.9. The Labute approximate surface area is 152 Å². The lowest BCUT2D eigenvalue weighted by molar-refractivity contribution is -0.143. The predicted octanol–water partition coefficient (Wildman–Crippen LogP) is 1.77. The molecule has 0 bridgehead atoms. The van der Waals surface area contributed by atoms with Gasteiger partial charge in [-0.1, -0.05) is 12.1 Å². The minimum absolute atomic E-state index is 0.00652. The molecular weight excluding hydrogens is 334 g/mol. The SMILES string of the molecule is Cn1ccnc1CN(C[C@@H]1COc2ccccc2O1)C(=O)[C@@H]1CCCO1. The van der Waals surface area contributed by atoms with Crippen molar-refractivity contribution in [3.05, 3.63) is 42.5 Å². The smallest absolute Gasteiger partial charge is 0.252 e. The van der Waals surface area contributed by atoms with Gasteiger partial charge in [-0.05, 0) is 25.0 Å². The third-order valence-corrected chi connectivity index (χ3v) is 4.76. The number of fused-ring (bicyclic) bond motifs is 1. The number of nitrogens with zero attached hydrogens (tertiary/aromatic N) is 3. The third kappa shape index (κ3) is 3.53. The fourth-order valence-electron chi connectivity index (χ4n) is 3.33. The molecular formula is C19H23N3O4. The number of imidazole rings is 1. The van der Waals surface area contributed by atoms with E-state index in [1.54, 1.807) is 11.1 Å². The van der Waals surface area contributed by atoms with Gasteiger partial charge in [-0.2, -0.15) is 0 Å². The van der Waals surface area contributed by atoms with E-state index in [2.05, 4.69) is 4.98 Å². The number of benzene rings is 1. The van der Waals surface area contributed by atoms with Crippen LogP contribution in [0.3, 0.4) is 0 Å². The summed E-state index contributed by atoms with van der Waals surface area (Å²) in [7, 11) is 1.92. The molecule has 0 aliphatic carbocycles. The van der Waals surface area contributed by atoms with E-state index >= 15 is 0 Å². The van der Waals surface area contributed by atoms with E-state index in [1.807, 2.05) is 42.1 Å². The summed E-state index contributed by atoms with van der Waals surface area (Å²) in [6.45, 7) is 1.90. The molecule has 1 aromatic carbocycles. The Bertz CT molecular complexity index is 770. The zero-order valence-electron chi connectivity index (χ0n) is 14.8. The lowest BCUT2D eigenvalue weighted by atomic mass is 10.2. The minimum Gasteiger partial charge on any atom is -0.486 e. The highest BCUT2D eigenvalue weighted by Gasteiger charge is 2.32. The molecule has 0 N–H and O–H groups in total. The number of para-hydroxylation sites is 2. The lowest BCUT2D eigenvalue weighted by Gasteiger charge is -2.32. The van der Waals surface area contributed by atoms with Crippen LogP contribution in [0.15, 0.2) is 36.7 Å². The minimum atomic E-state index is -0.368. The van der Waals surface area contributed by atoms with E-state index < -0.39 is 0 Å². The first-order valence-corrected chi connectivity index (χ1v) is 8.96. The van der Waals surface area contributed by atoms with Crippen LogP contribution in [-0.4, -0.2) is 52.3 Å². The Morgan fingerprint density at radius 3 is 2.92 bits per heavy atom. The highest BCUT2D eigenvalue weighted by Crippen LogP contribution is 2.31. The molecule has 2 atom stereocenters. The van der Waals surface area contributed by atoms with E-state index in [0.717, 1.165) is 24.4 Å². The highest BCUT2D eigenvalue weighted by molar-refractivity contribution is 5.81. The maximum Gasteiger partial charge on any atom is 0.252 e. The normalized spacial score (nSPS) is 21.6. The standard InChI is InChI=1S/C19H23N3O4/c1-21-9-8-20-18(21)12-22(19(23)17-7-4-10-24-17)11-14-13-25-15-5-2-3-6-16(15)26-14/h2-3,5-6,8-9,14,17H,4,7,10-13H2,1H3/t14-,17+/m1/s1. The summed E-state index contributed by atoms with van der Waals surface area (Å²) < 4.78 is 19.3. The monoisotopic (exact) mass is 357 g/mol. The van der Waals surface area contributed by atoms with Crippen LogP contribution in [0.2, 0.25) is 0 Å². The number of carbonyl (C=O) groups excluding carboxylic acids is 1. The van der Waals surface area contributed by atoms with Gasteiger partial charge < -0.3 is 23.7 Å². The Kier molecular flexibility index (Phi) is 4.79. The largest absolute Gasteiger partial charge is 0.486 e. The van der Waals surface area contributed by atoms with Crippen LogP contribution < -0.4 is 9.47 Å². The summed E-state index contributed by atoms with van der Waals surface area (Å²) in [5.41, 5.74) is 0. The van der Waals surface area contributed by atoms with E-state index in [9.17, 15) is 4.79 Å². The first-order chi connectivity index (χ1) is 12.7. The van der Waals surface area contributed by atoms with Gasteiger partial charge in [0, 0.05) is 26.0 Å². The second-order valence-electron chi connectivity index (χ2n) is 6.67. The molecule has 0 saturated carbocycles. The van der Waals surface area contributed by atoms with Crippen molar-refractivity contribution in [1.82, 2.24) is 14.5 Å². The summed E-state index contributed by atoms with van der Waals surface area (Å²) in [4.78, 5) is 19.1. The zero-order valence-corrected chi connectivity index (χ0v) is 14.8. The number of rotatable bonds is 5. The number of ether oxygens (including phenoxy) is 3. The van der Waals surface area contributed by atoms with E-state index in [0.29, 0.717) is 32.1 Å². The van der Waals surface area contributed by atoms with Gasteiger partial charge in [0.2, 0.25) is 0 Å². The molecule has 1 amide bonds. The molecule has 3 heterocycles. The number of amides is 1. The van der Waals surface area contributed by atoms with Gasteiger partial charge in [0.1, 0.15) is 18.5 Å². The number of hydrogen-bond donors (Lipinski definition) is 0. The quantitative estimate of drug-likeness (QED) is 0.816. The van der Waals surface area contributed by atoms with Gasteiger partial charge in [0.25, 0.3) is 5.91 Å². The molecule has 0 spiro atoms. The summed E-state index contributed by atoms with van der Waals surface area (Å²) >= 11 is 0. The van der Waals surface area contributed by atoms with Crippen LogP contribution in [0.1, 0.15) is 18.7 Å². The van der Waals surface area contributed by atoms with Gasteiger partial charge in [-0.15, -0.1) is 0 Å². The number of hydrogen-bond acceptors (Lipinski definition) is 5. The number of carbonyl (C=O) groups is 1. The van der Waals surface area contributed by atoms with Crippen molar-refractivity contribution in [2.45, 2.75) is 31.6 Å². The molecule has 2 aliphatic heterocycles. The van der Waals surface area contributed by atoms with Crippen molar-refractivity contribution in [2.75, 3.05) is 19.8 Å². The second-order valence-corrected chi connectivity index (χ2v) is 6.67. The molecule has 1 aromatic heterocycles. The predicted molar refractivity (Wildman–Crippen MR) is 94.0 cm³/mol. The average molecular weight is 357 g/mol. The van der Waals surface area contributed by atoms with Gasteiger partial charge >= 0.3 is 0 Å². The van der Waals surface area contributed by atoms with E-state index in [4.69, 9.17) is 14.2 Å². The molecule has 4 rings (SSSR count). The van der Waals surface area contributed by atoms with Gasteiger partial charge in [0.05, 0.1) is 13.1 Å². The van der Waals surface area contributed by atoms with Crippen molar-refractivity contribution < 1.29 is 19.0 Å². The highest BCUT2D eigenvalue weighted by atomic mass is 16.6. The molecule has 1 saturated heterocycles. The summed E-state index contributed by atoms with van der Waals surface area (Å²) in [5.74, 6) is 2.27. The van der Waals surface area contributed by atoms with Gasteiger partial charge in [0.15, 0.2) is 17.6 Å².